The highest BCUT2D eigenvalue weighted by molar-refractivity contribution is 5.38. The third kappa shape index (κ3) is 3.24. The zero-order valence-corrected chi connectivity index (χ0v) is 10.9. The predicted molar refractivity (Wildman–Crippen MR) is 66.8 cm³/mol. The standard InChI is InChI=1S/C14H22O2/c1-6-11(3)16-13-9-12(14(4,5)15)8-7-10(13)2/h7-9,11,15H,6H2,1-5H3. The SMILES string of the molecule is CCC(C)Oc1cc(C(C)(C)O)ccc1C. The molecule has 1 atom stereocenters. The molecule has 0 radical (unpaired) electrons. The van der Waals surface area contributed by atoms with E-state index in [2.05, 4.69) is 13.8 Å². The van der Waals surface area contributed by atoms with E-state index in [1.54, 1.807) is 13.8 Å². The van der Waals surface area contributed by atoms with Crippen LogP contribution in [0.1, 0.15) is 45.2 Å². The van der Waals surface area contributed by atoms with Crippen molar-refractivity contribution in [2.45, 2.75) is 52.7 Å². The summed E-state index contributed by atoms with van der Waals surface area (Å²) in [6.45, 7) is 9.73. The van der Waals surface area contributed by atoms with E-state index in [-0.39, 0.29) is 6.10 Å². The maximum atomic E-state index is 9.94. The van der Waals surface area contributed by atoms with E-state index in [0.717, 1.165) is 23.3 Å². The maximum absolute atomic E-state index is 9.94. The van der Waals surface area contributed by atoms with E-state index in [4.69, 9.17) is 4.74 Å². The minimum Gasteiger partial charge on any atom is -0.490 e. The number of hydrogen-bond acceptors (Lipinski definition) is 2. The topological polar surface area (TPSA) is 29.5 Å². The van der Waals surface area contributed by atoms with E-state index >= 15 is 0 Å². The molecule has 16 heavy (non-hydrogen) atoms. The first kappa shape index (κ1) is 13.0. The zero-order valence-electron chi connectivity index (χ0n) is 10.9. The Labute approximate surface area is 98.3 Å². The highest BCUT2D eigenvalue weighted by atomic mass is 16.5. The highest BCUT2D eigenvalue weighted by Crippen LogP contribution is 2.27. The van der Waals surface area contributed by atoms with Crippen LogP contribution in [0, 0.1) is 6.92 Å². The van der Waals surface area contributed by atoms with Gasteiger partial charge in [-0.15, -0.1) is 0 Å². The Morgan fingerprint density at radius 3 is 2.50 bits per heavy atom. The third-order valence-corrected chi connectivity index (χ3v) is 2.80. The van der Waals surface area contributed by atoms with Crippen molar-refractivity contribution in [1.82, 2.24) is 0 Å². The van der Waals surface area contributed by atoms with Crippen LogP contribution < -0.4 is 4.74 Å². The van der Waals surface area contributed by atoms with Crippen molar-refractivity contribution in [2.24, 2.45) is 0 Å². The summed E-state index contributed by atoms with van der Waals surface area (Å²) in [5, 5.41) is 9.94. The van der Waals surface area contributed by atoms with Gasteiger partial charge in [-0.05, 0) is 51.3 Å². The summed E-state index contributed by atoms with van der Waals surface area (Å²) in [5.41, 5.74) is 1.17. The zero-order chi connectivity index (χ0) is 12.3. The molecular formula is C14H22O2. The summed E-state index contributed by atoms with van der Waals surface area (Å²) in [5.74, 6) is 0.869. The lowest BCUT2D eigenvalue weighted by Crippen LogP contribution is -2.16. The maximum Gasteiger partial charge on any atom is 0.122 e. The molecule has 2 nitrogen and oxygen atoms in total. The minimum atomic E-state index is -0.818. The molecule has 0 saturated heterocycles. The number of hydrogen-bond donors (Lipinski definition) is 1. The van der Waals surface area contributed by atoms with E-state index in [0.29, 0.717) is 0 Å². The summed E-state index contributed by atoms with van der Waals surface area (Å²) in [7, 11) is 0. The van der Waals surface area contributed by atoms with Crippen LogP contribution in [-0.2, 0) is 5.60 Å². The smallest absolute Gasteiger partial charge is 0.122 e. The lowest BCUT2D eigenvalue weighted by molar-refractivity contribution is 0.0780. The van der Waals surface area contributed by atoms with Crippen LogP contribution in [-0.4, -0.2) is 11.2 Å². The van der Waals surface area contributed by atoms with Gasteiger partial charge in [0.15, 0.2) is 0 Å². The summed E-state index contributed by atoms with van der Waals surface area (Å²) >= 11 is 0. The van der Waals surface area contributed by atoms with Crippen molar-refractivity contribution < 1.29 is 9.84 Å². The fourth-order valence-electron chi connectivity index (χ4n) is 1.41. The van der Waals surface area contributed by atoms with Crippen LogP contribution in [0.25, 0.3) is 0 Å². The minimum absolute atomic E-state index is 0.204. The summed E-state index contributed by atoms with van der Waals surface area (Å²) < 4.78 is 5.82. The van der Waals surface area contributed by atoms with Gasteiger partial charge in [-0.25, -0.2) is 0 Å². The number of benzene rings is 1. The van der Waals surface area contributed by atoms with E-state index in [1.807, 2.05) is 25.1 Å². The van der Waals surface area contributed by atoms with Gasteiger partial charge in [0.25, 0.3) is 0 Å². The van der Waals surface area contributed by atoms with Gasteiger partial charge in [-0.3, -0.25) is 0 Å². The molecule has 1 unspecified atom stereocenters. The van der Waals surface area contributed by atoms with Gasteiger partial charge in [0, 0.05) is 0 Å². The summed E-state index contributed by atoms with van der Waals surface area (Å²) in [6.07, 6.45) is 1.18. The van der Waals surface area contributed by atoms with Crippen LogP contribution in [0.2, 0.25) is 0 Å². The molecule has 0 bridgehead atoms. The van der Waals surface area contributed by atoms with Crippen LogP contribution in [0.4, 0.5) is 0 Å². The number of aryl methyl sites for hydroxylation is 1. The predicted octanol–water partition coefficient (Wildman–Crippen LogP) is 3.40. The first-order valence-corrected chi connectivity index (χ1v) is 5.84. The fraction of sp³-hybridized carbons (Fsp3) is 0.571. The Morgan fingerprint density at radius 1 is 1.38 bits per heavy atom. The van der Waals surface area contributed by atoms with Crippen molar-refractivity contribution in [1.29, 1.82) is 0 Å². The van der Waals surface area contributed by atoms with Crippen molar-refractivity contribution >= 4 is 0 Å². The Morgan fingerprint density at radius 2 is 2.00 bits per heavy atom. The largest absolute Gasteiger partial charge is 0.490 e. The quantitative estimate of drug-likeness (QED) is 0.846. The molecular weight excluding hydrogens is 200 g/mol. The van der Waals surface area contributed by atoms with Crippen molar-refractivity contribution in [3.8, 4) is 5.75 Å². The Hall–Kier alpha value is -1.02. The first-order valence-electron chi connectivity index (χ1n) is 5.84. The lowest BCUT2D eigenvalue weighted by Gasteiger charge is -2.21. The molecule has 1 aromatic carbocycles. The molecule has 0 aliphatic heterocycles. The fourth-order valence-corrected chi connectivity index (χ4v) is 1.41. The van der Waals surface area contributed by atoms with Crippen molar-refractivity contribution in [3.63, 3.8) is 0 Å². The van der Waals surface area contributed by atoms with Gasteiger partial charge in [-0.1, -0.05) is 19.1 Å². The molecule has 0 aliphatic rings. The summed E-state index contributed by atoms with van der Waals surface area (Å²) in [6, 6.07) is 5.87. The number of rotatable bonds is 4. The average Bonchev–Trinajstić information content (AvgIpc) is 2.19. The van der Waals surface area contributed by atoms with Gasteiger partial charge < -0.3 is 9.84 Å². The molecule has 0 spiro atoms. The normalized spacial score (nSPS) is 13.6. The average molecular weight is 222 g/mol. The third-order valence-electron chi connectivity index (χ3n) is 2.80. The monoisotopic (exact) mass is 222 g/mol. The van der Waals surface area contributed by atoms with Crippen molar-refractivity contribution in [2.75, 3.05) is 0 Å². The molecule has 1 aromatic rings. The van der Waals surface area contributed by atoms with E-state index < -0.39 is 5.60 Å². The van der Waals surface area contributed by atoms with Gasteiger partial charge in [0.1, 0.15) is 5.75 Å². The van der Waals surface area contributed by atoms with Crippen LogP contribution in [0.5, 0.6) is 5.75 Å². The molecule has 0 saturated carbocycles. The molecule has 0 aromatic heterocycles. The molecule has 1 N–H and O–H groups in total. The van der Waals surface area contributed by atoms with Gasteiger partial charge >= 0.3 is 0 Å². The second-order valence-electron chi connectivity index (χ2n) is 4.88. The molecule has 0 heterocycles. The Kier molecular flexibility index (Phi) is 3.98. The lowest BCUT2D eigenvalue weighted by atomic mass is 9.97. The molecule has 1 rings (SSSR count). The number of aliphatic hydroxyl groups is 1. The van der Waals surface area contributed by atoms with Crippen molar-refractivity contribution in [3.05, 3.63) is 29.3 Å². The molecule has 0 aliphatic carbocycles. The molecule has 90 valence electrons. The van der Waals surface area contributed by atoms with Crippen LogP contribution in [0.15, 0.2) is 18.2 Å². The van der Waals surface area contributed by atoms with Crippen LogP contribution in [0.3, 0.4) is 0 Å². The highest BCUT2D eigenvalue weighted by Gasteiger charge is 2.17. The van der Waals surface area contributed by atoms with Gasteiger partial charge in [0.2, 0.25) is 0 Å². The second kappa shape index (κ2) is 4.88. The van der Waals surface area contributed by atoms with Crippen LogP contribution >= 0.6 is 0 Å². The first-order chi connectivity index (χ1) is 7.34. The van der Waals surface area contributed by atoms with Gasteiger partial charge in [-0.2, -0.15) is 0 Å². The molecule has 0 amide bonds. The summed E-state index contributed by atoms with van der Waals surface area (Å²) in [4.78, 5) is 0. The van der Waals surface area contributed by atoms with E-state index in [9.17, 15) is 5.11 Å². The Balaban J connectivity index is 3.00. The molecule has 0 fully saturated rings. The second-order valence-corrected chi connectivity index (χ2v) is 4.88. The number of ether oxygens (including phenoxy) is 1. The van der Waals surface area contributed by atoms with E-state index in [1.165, 1.54) is 0 Å². The molecule has 2 heteroatoms. The Bertz CT molecular complexity index is 350. The van der Waals surface area contributed by atoms with Gasteiger partial charge in [0.05, 0.1) is 11.7 Å².